The van der Waals surface area contributed by atoms with Crippen LogP contribution in [-0.4, -0.2) is 74.1 Å². The van der Waals surface area contributed by atoms with Crippen molar-refractivity contribution in [3.05, 3.63) is 0 Å². The summed E-state index contributed by atoms with van der Waals surface area (Å²) in [7, 11) is 1.85. The maximum Gasteiger partial charge on any atom is 0.251 e. The van der Waals surface area contributed by atoms with E-state index in [2.05, 4.69) is 29.1 Å². The molecule has 2 saturated heterocycles. The van der Waals surface area contributed by atoms with E-state index in [1.165, 1.54) is 25.7 Å². The molecule has 0 saturated carbocycles. The highest BCUT2D eigenvalue weighted by Gasteiger charge is 2.30. The molecule has 2 heterocycles. The van der Waals surface area contributed by atoms with Gasteiger partial charge in [-0.15, -0.1) is 24.0 Å². The number of aliphatic imine (C=N–C) groups is 1. The van der Waals surface area contributed by atoms with Crippen molar-refractivity contribution in [2.75, 3.05) is 46.4 Å². The summed E-state index contributed by atoms with van der Waals surface area (Å²) in [6, 6.07) is 0. The minimum Gasteiger partial charge on any atom is -0.368 e. The van der Waals surface area contributed by atoms with E-state index in [4.69, 9.17) is 4.74 Å². The summed E-state index contributed by atoms with van der Waals surface area (Å²) in [6.07, 6.45) is 6.71. The number of nitrogens with zero attached hydrogens (tertiary/aromatic N) is 3. The normalized spacial score (nSPS) is 22.1. The lowest BCUT2D eigenvalue weighted by atomic mass is 9.99. The molecule has 0 aromatic carbocycles. The van der Waals surface area contributed by atoms with Gasteiger partial charge < -0.3 is 19.9 Å². The average molecular weight is 480 g/mol. The zero-order valence-corrected chi connectivity index (χ0v) is 19.0. The Morgan fingerprint density at radius 2 is 1.92 bits per heavy atom. The molecule has 2 aliphatic rings. The number of unbranched alkanes of at least 4 members (excludes halogenated alkanes) is 1. The monoisotopic (exact) mass is 480 g/mol. The van der Waals surface area contributed by atoms with Gasteiger partial charge in [-0.3, -0.25) is 9.79 Å². The number of nitrogens with one attached hydrogen (secondary N) is 1. The second-order valence-electron chi connectivity index (χ2n) is 7.16. The summed E-state index contributed by atoms with van der Waals surface area (Å²) in [4.78, 5) is 21.1. The second-order valence-corrected chi connectivity index (χ2v) is 7.16. The van der Waals surface area contributed by atoms with E-state index in [0.717, 1.165) is 58.1 Å². The number of guanidine groups is 1. The van der Waals surface area contributed by atoms with Gasteiger partial charge in [0.15, 0.2) is 5.96 Å². The van der Waals surface area contributed by atoms with Crippen LogP contribution in [0.5, 0.6) is 0 Å². The molecule has 1 N–H and O–H groups in total. The molecule has 2 fully saturated rings. The third-order valence-electron chi connectivity index (χ3n) is 5.40. The van der Waals surface area contributed by atoms with Gasteiger partial charge in [-0.05, 0) is 25.2 Å². The average Bonchev–Trinajstić information content (AvgIpc) is 3.19. The van der Waals surface area contributed by atoms with Gasteiger partial charge in [-0.1, -0.05) is 33.1 Å². The number of carbonyl (C=O) groups is 1. The standard InChI is InChI=1S/C19H36N4O2.HI/c1-4-6-8-16(5-2)15-21-19(20-3)23-12-10-22(11-13-23)18(24)17-9-7-14-25-17;/h16-17H,4-15H2,1-3H3,(H,20,21);1H. The number of hydrogen-bond acceptors (Lipinski definition) is 3. The molecule has 2 unspecified atom stereocenters. The van der Waals surface area contributed by atoms with Crippen LogP contribution in [0.15, 0.2) is 4.99 Å². The molecule has 7 heteroatoms. The molecule has 0 bridgehead atoms. The van der Waals surface area contributed by atoms with Crippen LogP contribution in [0.4, 0.5) is 0 Å². The molecule has 0 radical (unpaired) electrons. The lowest BCUT2D eigenvalue weighted by Crippen LogP contribution is -2.55. The van der Waals surface area contributed by atoms with E-state index in [1.54, 1.807) is 0 Å². The summed E-state index contributed by atoms with van der Waals surface area (Å²) >= 11 is 0. The largest absolute Gasteiger partial charge is 0.368 e. The first-order chi connectivity index (χ1) is 12.2. The van der Waals surface area contributed by atoms with Crippen molar-refractivity contribution < 1.29 is 9.53 Å². The maximum atomic E-state index is 12.4. The van der Waals surface area contributed by atoms with E-state index < -0.39 is 0 Å². The molecular weight excluding hydrogens is 443 g/mol. The zero-order chi connectivity index (χ0) is 18.1. The molecule has 6 nitrogen and oxygen atoms in total. The van der Waals surface area contributed by atoms with Gasteiger partial charge in [0.25, 0.3) is 5.91 Å². The van der Waals surface area contributed by atoms with Gasteiger partial charge in [0.05, 0.1) is 0 Å². The molecule has 0 aliphatic carbocycles. The minimum atomic E-state index is -0.201. The Morgan fingerprint density at radius 3 is 2.46 bits per heavy atom. The van der Waals surface area contributed by atoms with Crippen molar-refractivity contribution in [2.45, 2.75) is 58.5 Å². The Balaban J connectivity index is 0.00000338. The molecule has 0 spiro atoms. The lowest BCUT2D eigenvalue weighted by molar-refractivity contribution is -0.142. The van der Waals surface area contributed by atoms with E-state index in [-0.39, 0.29) is 36.0 Å². The predicted molar refractivity (Wildman–Crippen MR) is 117 cm³/mol. The molecule has 152 valence electrons. The van der Waals surface area contributed by atoms with Gasteiger partial charge >= 0.3 is 0 Å². The van der Waals surface area contributed by atoms with Crippen molar-refractivity contribution in [1.82, 2.24) is 15.1 Å². The summed E-state index contributed by atoms with van der Waals surface area (Å²) in [5.74, 6) is 1.85. The van der Waals surface area contributed by atoms with Crippen LogP contribution in [0.25, 0.3) is 0 Å². The molecule has 1 amide bonds. The van der Waals surface area contributed by atoms with Gasteiger partial charge in [0.1, 0.15) is 6.10 Å². The predicted octanol–water partition coefficient (Wildman–Crippen LogP) is 2.72. The number of hydrogen-bond donors (Lipinski definition) is 1. The third-order valence-corrected chi connectivity index (χ3v) is 5.40. The molecule has 2 aliphatic heterocycles. The van der Waals surface area contributed by atoms with Crippen LogP contribution in [0.1, 0.15) is 52.4 Å². The van der Waals surface area contributed by atoms with Crippen LogP contribution >= 0.6 is 24.0 Å². The van der Waals surface area contributed by atoms with Gasteiger partial charge in [-0.2, -0.15) is 0 Å². The second kappa shape index (κ2) is 12.8. The van der Waals surface area contributed by atoms with Crippen LogP contribution in [0.3, 0.4) is 0 Å². The number of carbonyl (C=O) groups excluding carboxylic acids is 1. The Kier molecular flexibility index (Phi) is 11.5. The van der Waals surface area contributed by atoms with Crippen molar-refractivity contribution in [3.63, 3.8) is 0 Å². The van der Waals surface area contributed by atoms with Crippen LogP contribution in [-0.2, 0) is 9.53 Å². The van der Waals surface area contributed by atoms with Crippen LogP contribution < -0.4 is 5.32 Å². The zero-order valence-electron chi connectivity index (χ0n) is 16.7. The smallest absolute Gasteiger partial charge is 0.251 e. The first kappa shape index (κ1) is 23.5. The fourth-order valence-corrected chi connectivity index (χ4v) is 3.63. The fraction of sp³-hybridized carbons (Fsp3) is 0.895. The molecular formula is C19H37IN4O2. The Labute approximate surface area is 176 Å². The van der Waals surface area contributed by atoms with Crippen LogP contribution in [0.2, 0.25) is 0 Å². The number of piperazine rings is 1. The molecule has 2 rings (SSSR count). The fourth-order valence-electron chi connectivity index (χ4n) is 3.63. The highest BCUT2D eigenvalue weighted by molar-refractivity contribution is 14.0. The number of amides is 1. The van der Waals surface area contributed by atoms with E-state index in [1.807, 2.05) is 11.9 Å². The van der Waals surface area contributed by atoms with Crippen molar-refractivity contribution in [2.24, 2.45) is 10.9 Å². The summed E-state index contributed by atoms with van der Waals surface area (Å²) in [5.41, 5.74) is 0. The Morgan fingerprint density at radius 1 is 1.23 bits per heavy atom. The van der Waals surface area contributed by atoms with Gasteiger partial charge in [0.2, 0.25) is 0 Å². The summed E-state index contributed by atoms with van der Waals surface area (Å²) < 4.78 is 5.53. The molecule has 26 heavy (non-hydrogen) atoms. The van der Waals surface area contributed by atoms with Gasteiger partial charge in [0, 0.05) is 46.4 Å². The molecule has 0 aromatic rings. The van der Waals surface area contributed by atoms with Crippen molar-refractivity contribution in [3.8, 4) is 0 Å². The topological polar surface area (TPSA) is 57.2 Å². The summed E-state index contributed by atoms with van der Waals surface area (Å²) in [6.45, 7) is 9.41. The first-order valence-electron chi connectivity index (χ1n) is 10.1. The SMILES string of the molecule is CCCCC(CC)CNC(=NC)N1CCN(C(=O)C2CCCO2)CC1.I. The highest BCUT2D eigenvalue weighted by Crippen LogP contribution is 2.16. The van der Waals surface area contributed by atoms with E-state index in [9.17, 15) is 4.79 Å². The third kappa shape index (κ3) is 6.87. The number of halogens is 1. The minimum absolute atomic E-state index is 0. The number of ether oxygens (including phenoxy) is 1. The Hall–Kier alpha value is -0.570. The summed E-state index contributed by atoms with van der Waals surface area (Å²) in [5, 5.41) is 3.55. The molecule has 0 aromatic heterocycles. The van der Waals surface area contributed by atoms with E-state index >= 15 is 0 Å². The van der Waals surface area contributed by atoms with Gasteiger partial charge in [-0.25, -0.2) is 0 Å². The Bertz CT molecular complexity index is 433. The number of rotatable bonds is 7. The van der Waals surface area contributed by atoms with Crippen molar-refractivity contribution >= 4 is 35.8 Å². The van der Waals surface area contributed by atoms with E-state index in [0.29, 0.717) is 5.92 Å². The van der Waals surface area contributed by atoms with Crippen LogP contribution in [0, 0.1) is 5.92 Å². The first-order valence-corrected chi connectivity index (χ1v) is 10.1. The highest BCUT2D eigenvalue weighted by atomic mass is 127. The molecule has 2 atom stereocenters. The quantitative estimate of drug-likeness (QED) is 0.346. The maximum absolute atomic E-state index is 12.4. The van der Waals surface area contributed by atoms with Crippen molar-refractivity contribution in [1.29, 1.82) is 0 Å². The lowest BCUT2D eigenvalue weighted by Gasteiger charge is -2.37.